The van der Waals surface area contributed by atoms with Crippen LogP contribution >= 0.6 is 11.3 Å². The number of nitrogens with one attached hydrogen (secondary N) is 2. The Morgan fingerprint density at radius 3 is 2.45 bits per heavy atom. The molecule has 7 heteroatoms. The molecule has 2 rings (SSSR count). The largest absolute Gasteiger partial charge is 0.330 e. The number of benzene rings is 1. The van der Waals surface area contributed by atoms with Gasteiger partial charge in [0.1, 0.15) is 0 Å². The molecule has 0 aliphatic heterocycles. The number of halogens is 3. The first kappa shape index (κ1) is 16.4. The molecular formula is C15H15F3N2OS. The van der Waals surface area contributed by atoms with Gasteiger partial charge in [-0.2, -0.15) is 0 Å². The van der Waals surface area contributed by atoms with E-state index in [1.807, 2.05) is 31.4 Å². The van der Waals surface area contributed by atoms with Crippen LogP contribution in [0.4, 0.5) is 23.7 Å². The number of rotatable bonds is 4. The summed E-state index contributed by atoms with van der Waals surface area (Å²) in [6, 6.07) is 4.54. The van der Waals surface area contributed by atoms with Gasteiger partial charge in [-0.15, -0.1) is 11.3 Å². The van der Waals surface area contributed by atoms with Crippen LogP contribution in [0.25, 0.3) is 0 Å². The molecular weight excluding hydrogens is 313 g/mol. The average molecular weight is 328 g/mol. The minimum absolute atomic E-state index is 0.110. The van der Waals surface area contributed by atoms with Crippen molar-refractivity contribution in [2.75, 3.05) is 5.32 Å². The smallest absolute Gasteiger partial charge is 0.319 e. The lowest BCUT2D eigenvalue weighted by Crippen LogP contribution is -2.35. The van der Waals surface area contributed by atoms with Crippen LogP contribution < -0.4 is 10.6 Å². The fourth-order valence-electron chi connectivity index (χ4n) is 1.96. The standard InChI is InChI=1S/C15H15F3N2OS/c1-8(2)14(11-4-3-7-22-11)20-15(21)19-10-6-5-9(16)12(17)13(10)18/h3-8,14H,1-2H3,(H2,19,20,21)/t14-/m0/s1. The van der Waals surface area contributed by atoms with Gasteiger partial charge in [-0.25, -0.2) is 18.0 Å². The molecule has 0 unspecified atom stereocenters. The molecule has 3 nitrogen and oxygen atoms in total. The molecule has 22 heavy (non-hydrogen) atoms. The van der Waals surface area contributed by atoms with E-state index in [-0.39, 0.29) is 12.0 Å². The van der Waals surface area contributed by atoms with Crippen molar-refractivity contribution in [3.8, 4) is 0 Å². The fraction of sp³-hybridized carbons (Fsp3) is 0.267. The van der Waals surface area contributed by atoms with Gasteiger partial charge in [0, 0.05) is 4.88 Å². The lowest BCUT2D eigenvalue weighted by Gasteiger charge is -2.21. The monoisotopic (exact) mass is 328 g/mol. The van der Waals surface area contributed by atoms with Crippen LogP contribution in [-0.2, 0) is 0 Å². The van der Waals surface area contributed by atoms with E-state index in [1.165, 1.54) is 11.3 Å². The first-order valence-electron chi connectivity index (χ1n) is 6.64. The molecule has 118 valence electrons. The Labute approximate surface area is 130 Å². The molecule has 1 aromatic carbocycles. The summed E-state index contributed by atoms with van der Waals surface area (Å²) in [6.45, 7) is 3.87. The Kier molecular flexibility index (Phi) is 5.07. The van der Waals surface area contributed by atoms with Crippen LogP contribution in [-0.4, -0.2) is 6.03 Å². The van der Waals surface area contributed by atoms with Crippen molar-refractivity contribution in [3.05, 3.63) is 52.0 Å². The second-order valence-electron chi connectivity index (χ2n) is 5.06. The van der Waals surface area contributed by atoms with Gasteiger partial charge in [-0.1, -0.05) is 19.9 Å². The van der Waals surface area contributed by atoms with Gasteiger partial charge in [0.15, 0.2) is 17.5 Å². The molecule has 0 saturated heterocycles. The first-order chi connectivity index (χ1) is 10.4. The van der Waals surface area contributed by atoms with Gasteiger partial charge in [0.05, 0.1) is 11.7 Å². The van der Waals surface area contributed by atoms with E-state index in [1.54, 1.807) is 0 Å². The van der Waals surface area contributed by atoms with E-state index in [0.717, 1.165) is 17.0 Å². The van der Waals surface area contributed by atoms with Crippen molar-refractivity contribution in [1.29, 1.82) is 0 Å². The summed E-state index contributed by atoms with van der Waals surface area (Å²) in [5, 5.41) is 6.79. The summed E-state index contributed by atoms with van der Waals surface area (Å²) in [4.78, 5) is 12.9. The minimum atomic E-state index is -1.61. The third-order valence-electron chi connectivity index (χ3n) is 3.09. The summed E-state index contributed by atoms with van der Waals surface area (Å²) in [5.41, 5.74) is -0.412. The number of anilines is 1. The number of carbonyl (C=O) groups is 1. The third kappa shape index (κ3) is 3.59. The van der Waals surface area contributed by atoms with Crippen LogP contribution in [0.1, 0.15) is 24.8 Å². The molecule has 0 radical (unpaired) electrons. The number of hydrogen-bond donors (Lipinski definition) is 2. The molecule has 0 bridgehead atoms. The molecule has 0 aliphatic carbocycles. The maximum Gasteiger partial charge on any atom is 0.319 e. The Hall–Kier alpha value is -2.02. The van der Waals surface area contributed by atoms with E-state index in [9.17, 15) is 18.0 Å². The molecule has 0 aliphatic rings. The lowest BCUT2D eigenvalue weighted by atomic mass is 10.0. The number of carbonyl (C=O) groups excluding carboxylic acids is 1. The third-order valence-corrected chi connectivity index (χ3v) is 4.04. The van der Waals surface area contributed by atoms with E-state index in [0.29, 0.717) is 0 Å². The summed E-state index contributed by atoms with van der Waals surface area (Å²) >= 11 is 1.49. The minimum Gasteiger partial charge on any atom is -0.330 e. The summed E-state index contributed by atoms with van der Waals surface area (Å²) < 4.78 is 39.5. The van der Waals surface area contributed by atoms with Gasteiger partial charge >= 0.3 is 6.03 Å². The zero-order valence-electron chi connectivity index (χ0n) is 12.0. The normalized spacial score (nSPS) is 12.3. The highest BCUT2D eigenvalue weighted by atomic mass is 32.1. The van der Waals surface area contributed by atoms with Crippen LogP contribution in [0, 0.1) is 23.4 Å². The Morgan fingerprint density at radius 1 is 1.14 bits per heavy atom. The predicted molar refractivity (Wildman–Crippen MR) is 80.4 cm³/mol. The average Bonchev–Trinajstić information content (AvgIpc) is 2.99. The van der Waals surface area contributed by atoms with E-state index in [2.05, 4.69) is 10.6 Å². The Balaban J connectivity index is 2.11. The predicted octanol–water partition coefficient (Wildman–Crippen LogP) is 4.68. The Morgan fingerprint density at radius 2 is 1.86 bits per heavy atom. The maximum absolute atomic E-state index is 13.5. The topological polar surface area (TPSA) is 41.1 Å². The van der Waals surface area contributed by atoms with Crippen molar-refractivity contribution in [2.24, 2.45) is 5.92 Å². The molecule has 0 spiro atoms. The van der Waals surface area contributed by atoms with Gasteiger partial charge in [0.2, 0.25) is 0 Å². The maximum atomic E-state index is 13.5. The van der Waals surface area contributed by atoms with Crippen molar-refractivity contribution >= 4 is 23.1 Å². The highest BCUT2D eigenvalue weighted by Crippen LogP contribution is 2.26. The van der Waals surface area contributed by atoms with Crippen molar-refractivity contribution < 1.29 is 18.0 Å². The molecule has 1 heterocycles. The van der Waals surface area contributed by atoms with Crippen molar-refractivity contribution in [3.63, 3.8) is 0 Å². The lowest BCUT2D eigenvalue weighted by molar-refractivity contribution is 0.245. The van der Waals surface area contributed by atoms with Crippen LogP contribution in [0.5, 0.6) is 0 Å². The molecule has 0 saturated carbocycles. The molecule has 2 amide bonds. The highest BCUT2D eigenvalue weighted by molar-refractivity contribution is 7.10. The first-order valence-corrected chi connectivity index (χ1v) is 7.52. The summed E-state index contributed by atoms with van der Waals surface area (Å²) in [7, 11) is 0. The van der Waals surface area contributed by atoms with E-state index >= 15 is 0 Å². The van der Waals surface area contributed by atoms with Gasteiger partial charge in [-0.05, 0) is 29.5 Å². The number of amides is 2. The SMILES string of the molecule is CC(C)[C@H](NC(=O)Nc1ccc(F)c(F)c1F)c1cccs1. The molecule has 1 atom stereocenters. The zero-order chi connectivity index (χ0) is 16.3. The van der Waals surface area contributed by atoms with Crippen LogP contribution in [0.2, 0.25) is 0 Å². The molecule has 2 N–H and O–H groups in total. The number of urea groups is 1. The van der Waals surface area contributed by atoms with Crippen molar-refractivity contribution in [2.45, 2.75) is 19.9 Å². The fourth-order valence-corrected chi connectivity index (χ4v) is 2.91. The molecule has 0 fully saturated rings. The zero-order valence-corrected chi connectivity index (χ0v) is 12.8. The number of thiophene rings is 1. The number of hydrogen-bond acceptors (Lipinski definition) is 2. The molecule has 2 aromatic rings. The Bertz CT molecular complexity index is 659. The summed E-state index contributed by atoms with van der Waals surface area (Å²) in [6.07, 6.45) is 0. The second kappa shape index (κ2) is 6.83. The second-order valence-corrected chi connectivity index (χ2v) is 6.04. The van der Waals surface area contributed by atoms with Crippen LogP contribution in [0.15, 0.2) is 29.6 Å². The van der Waals surface area contributed by atoms with Gasteiger partial charge in [-0.3, -0.25) is 0 Å². The van der Waals surface area contributed by atoms with Gasteiger partial charge < -0.3 is 10.6 Å². The van der Waals surface area contributed by atoms with E-state index < -0.39 is 29.2 Å². The van der Waals surface area contributed by atoms with Crippen molar-refractivity contribution in [1.82, 2.24) is 5.32 Å². The van der Waals surface area contributed by atoms with Gasteiger partial charge in [0.25, 0.3) is 0 Å². The van der Waals surface area contributed by atoms with Crippen LogP contribution in [0.3, 0.4) is 0 Å². The van der Waals surface area contributed by atoms with E-state index in [4.69, 9.17) is 0 Å². The highest BCUT2D eigenvalue weighted by Gasteiger charge is 2.21. The summed E-state index contributed by atoms with van der Waals surface area (Å²) in [5.74, 6) is -4.23. The molecule has 1 aromatic heterocycles. The quantitative estimate of drug-likeness (QED) is 0.786.